The Morgan fingerprint density at radius 2 is 2.19 bits per heavy atom. The Hall–Kier alpha value is -3.06. The fourth-order valence-corrected chi connectivity index (χ4v) is 3.79. The zero-order valence-electron chi connectivity index (χ0n) is 19.5. The number of ether oxygens (including phenoxy) is 1. The highest BCUT2D eigenvalue weighted by molar-refractivity contribution is 7.98. The summed E-state index contributed by atoms with van der Waals surface area (Å²) in [6.07, 6.45) is 11.3. The van der Waals surface area contributed by atoms with Crippen LogP contribution in [0.4, 0.5) is 0 Å². The molecule has 6 nitrogen and oxygen atoms in total. The number of methoxy groups -OCH3 is 1. The maximum Gasteiger partial charge on any atom is 0.271 e. The fourth-order valence-electron chi connectivity index (χ4n) is 3.06. The Morgan fingerprint density at radius 1 is 1.44 bits per heavy atom. The van der Waals surface area contributed by atoms with Gasteiger partial charge in [0.1, 0.15) is 12.1 Å². The van der Waals surface area contributed by atoms with Gasteiger partial charge in [0.15, 0.2) is 0 Å². The molecular weight excluding hydrogens is 420 g/mol. The molecule has 0 aliphatic carbocycles. The van der Waals surface area contributed by atoms with Crippen molar-refractivity contribution in [3.8, 4) is 11.4 Å². The van der Waals surface area contributed by atoms with Crippen molar-refractivity contribution in [1.29, 1.82) is 0 Å². The number of nitrogens with zero attached hydrogens (tertiary/aromatic N) is 4. The van der Waals surface area contributed by atoms with Crippen LogP contribution in [0.15, 0.2) is 70.3 Å². The quantitative estimate of drug-likeness (QED) is 0.268. The second-order valence-corrected chi connectivity index (χ2v) is 8.07. The second kappa shape index (κ2) is 12.1. The number of aromatic nitrogens is 2. The summed E-state index contributed by atoms with van der Waals surface area (Å²) in [5.74, 6) is 0.761. The van der Waals surface area contributed by atoms with Crippen LogP contribution >= 0.6 is 11.8 Å². The molecule has 0 saturated heterocycles. The van der Waals surface area contributed by atoms with Gasteiger partial charge in [0.05, 0.1) is 23.4 Å². The van der Waals surface area contributed by atoms with Crippen LogP contribution in [-0.4, -0.2) is 47.6 Å². The predicted octanol–water partition coefficient (Wildman–Crippen LogP) is 5.15. The summed E-state index contributed by atoms with van der Waals surface area (Å²) in [6, 6.07) is 5.53. The predicted molar refractivity (Wildman–Crippen MR) is 136 cm³/mol. The number of hydrogen-bond donors (Lipinski definition) is 0. The van der Waals surface area contributed by atoms with Gasteiger partial charge in [-0.05, 0) is 43.9 Å². The Kier molecular flexibility index (Phi) is 9.53. The molecule has 0 amide bonds. The van der Waals surface area contributed by atoms with Crippen molar-refractivity contribution in [2.75, 3.05) is 27.0 Å². The first-order chi connectivity index (χ1) is 15.4. The van der Waals surface area contributed by atoms with E-state index in [0.717, 1.165) is 29.2 Å². The van der Waals surface area contributed by atoms with Crippen molar-refractivity contribution in [2.45, 2.75) is 31.1 Å². The van der Waals surface area contributed by atoms with Crippen LogP contribution in [-0.2, 0) is 0 Å². The maximum atomic E-state index is 13.2. The van der Waals surface area contributed by atoms with E-state index in [2.05, 4.69) is 37.0 Å². The van der Waals surface area contributed by atoms with Gasteiger partial charge in [-0.3, -0.25) is 14.4 Å². The summed E-state index contributed by atoms with van der Waals surface area (Å²) >= 11 is 1.41. The molecule has 32 heavy (non-hydrogen) atoms. The lowest BCUT2D eigenvalue weighted by Gasteiger charge is -2.16. The molecule has 1 aromatic carbocycles. The molecule has 0 bridgehead atoms. The number of hydrogen-bond acceptors (Lipinski definition) is 6. The molecule has 0 spiro atoms. The van der Waals surface area contributed by atoms with Gasteiger partial charge in [0.25, 0.3) is 5.56 Å². The van der Waals surface area contributed by atoms with Gasteiger partial charge < -0.3 is 9.64 Å². The van der Waals surface area contributed by atoms with Crippen molar-refractivity contribution < 1.29 is 4.74 Å². The van der Waals surface area contributed by atoms with Crippen molar-refractivity contribution in [3.63, 3.8) is 0 Å². The molecule has 170 valence electrons. The van der Waals surface area contributed by atoms with Crippen LogP contribution in [0.1, 0.15) is 37.4 Å². The fraction of sp³-hybridized carbons (Fsp3) is 0.320. The molecule has 0 saturated carbocycles. The van der Waals surface area contributed by atoms with E-state index in [9.17, 15) is 4.79 Å². The van der Waals surface area contributed by atoms with Crippen LogP contribution < -0.4 is 10.3 Å². The van der Waals surface area contributed by atoms with Gasteiger partial charge in [-0.25, -0.2) is 4.98 Å². The van der Waals surface area contributed by atoms with Crippen LogP contribution in [0, 0.1) is 0 Å². The largest absolute Gasteiger partial charge is 0.496 e. The lowest BCUT2D eigenvalue weighted by atomic mass is 10.0. The molecule has 0 aliphatic heterocycles. The van der Waals surface area contributed by atoms with Gasteiger partial charge >= 0.3 is 0 Å². The summed E-state index contributed by atoms with van der Waals surface area (Å²) in [6.45, 7) is 12.8. The molecule has 1 atom stereocenters. The molecule has 0 fully saturated rings. The van der Waals surface area contributed by atoms with E-state index in [0.29, 0.717) is 17.1 Å². The second-order valence-electron chi connectivity index (χ2n) is 7.26. The summed E-state index contributed by atoms with van der Waals surface area (Å²) in [4.78, 5) is 24.9. The monoisotopic (exact) mass is 452 g/mol. The number of likely N-dealkylation sites (N-methyl/N-ethyl adjacent to an activating group) is 1. The maximum absolute atomic E-state index is 13.2. The van der Waals surface area contributed by atoms with Gasteiger partial charge in [-0.15, -0.1) is 11.8 Å². The lowest BCUT2D eigenvalue weighted by Crippen LogP contribution is -2.23. The average molecular weight is 453 g/mol. The van der Waals surface area contributed by atoms with E-state index in [1.807, 2.05) is 48.7 Å². The minimum absolute atomic E-state index is 0.0538. The van der Waals surface area contributed by atoms with Gasteiger partial charge in [0.2, 0.25) is 0 Å². The van der Waals surface area contributed by atoms with Crippen LogP contribution in [0.5, 0.6) is 5.75 Å². The molecule has 1 unspecified atom stereocenters. The molecule has 0 N–H and O–H groups in total. The Morgan fingerprint density at radius 3 is 2.81 bits per heavy atom. The highest BCUT2D eigenvalue weighted by Gasteiger charge is 2.17. The summed E-state index contributed by atoms with van der Waals surface area (Å²) in [7, 11) is 3.59. The molecule has 0 radical (unpaired) electrons. The van der Waals surface area contributed by atoms with E-state index in [1.54, 1.807) is 30.3 Å². The minimum Gasteiger partial charge on any atom is -0.496 e. The number of allylic oxidation sites excluding steroid dienone is 1. The highest BCUT2D eigenvalue weighted by atomic mass is 32.2. The molecular formula is C25H32N4O2S. The number of thioether (sulfide) groups is 1. The van der Waals surface area contributed by atoms with E-state index in [-0.39, 0.29) is 11.5 Å². The third kappa shape index (κ3) is 6.01. The zero-order chi connectivity index (χ0) is 23.7. The number of benzene rings is 1. The van der Waals surface area contributed by atoms with Gasteiger partial charge in [-0.1, -0.05) is 26.2 Å². The van der Waals surface area contributed by atoms with E-state index < -0.39 is 0 Å². The molecule has 1 heterocycles. The first-order valence-corrected chi connectivity index (χ1v) is 11.6. The smallest absolute Gasteiger partial charge is 0.271 e. The Balaban J connectivity index is 2.24. The average Bonchev–Trinajstić information content (AvgIpc) is 2.82. The normalized spacial score (nSPS) is 12.3. The van der Waals surface area contributed by atoms with Crippen LogP contribution in [0.2, 0.25) is 0 Å². The van der Waals surface area contributed by atoms with E-state index in [1.165, 1.54) is 11.8 Å². The summed E-state index contributed by atoms with van der Waals surface area (Å²) in [5, 5.41) is 0. The lowest BCUT2D eigenvalue weighted by molar-refractivity contribution is 0.414. The standard InChI is InChI=1S/C25H32N4O2S/c1-8-20-16-21(10-11-22(20)31-6)29-17-27-23(24(32-7)25(29)30)18(3)12-14-26-15-13-19(4)28(5)9-2/h8,10-11,13-18H,1,4,9,12H2,2-3,5-7H3/b15-13-,26-14?. The SMILES string of the molecule is C=Cc1cc(-n2cnc(C(C)CC=N/C=C\C(=C)N(C)CC)c(SC)c2=O)ccc1OC. The Labute approximate surface area is 195 Å². The van der Waals surface area contributed by atoms with Gasteiger partial charge in [-0.2, -0.15) is 0 Å². The Bertz CT molecular complexity index is 1070. The molecule has 7 heteroatoms. The third-order valence-corrected chi connectivity index (χ3v) is 6.01. The molecule has 1 aromatic heterocycles. The van der Waals surface area contributed by atoms with Crippen LogP contribution in [0.3, 0.4) is 0 Å². The van der Waals surface area contributed by atoms with Gasteiger partial charge in [0, 0.05) is 43.2 Å². The first-order valence-electron chi connectivity index (χ1n) is 10.4. The molecule has 0 aliphatic rings. The highest BCUT2D eigenvalue weighted by Crippen LogP contribution is 2.26. The van der Waals surface area contributed by atoms with Crippen molar-refractivity contribution in [3.05, 3.63) is 77.3 Å². The third-order valence-electron chi connectivity index (χ3n) is 5.22. The number of aliphatic imine (C=N–C) groups is 1. The van der Waals surface area contributed by atoms with E-state index >= 15 is 0 Å². The minimum atomic E-state index is -0.0923. The van der Waals surface area contributed by atoms with Crippen LogP contribution in [0.25, 0.3) is 11.8 Å². The van der Waals surface area contributed by atoms with Crippen molar-refractivity contribution in [2.24, 2.45) is 4.99 Å². The van der Waals surface area contributed by atoms with Crippen molar-refractivity contribution >= 4 is 24.1 Å². The molecule has 2 rings (SSSR count). The summed E-state index contributed by atoms with van der Waals surface area (Å²) < 4.78 is 6.89. The van der Waals surface area contributed by atoms with Crippen molar-refractivity contribution in [1.82, 2.24) is 14.5 Å². The topological polar surface area (TPSA) is 59.7 Å². The zero-order valence-corrected chi connectivity index (χ0v) is 20.4. The summed E-state index contributed by atoms with van der Waals surface area (Å²) in [5.41, 5.74) is 3.13. The van der Waals surface area contributed by atoms with E-state index in [4.69, 9.17) is 4.74 Å². The number of rotatable bonds is 11. The molecule has 2 aromatic rings. The first kappa shape index (κ1) is 25.2.